The van der Waals surface area contributed by atoms with Gasteiger partial charge in [0.15, 0.2) is 5.44 Å². The van der Waals surface area contributed by atoms with E-state index in [0.717, 1.165) is 16.7 Å². The fourth-order valence-electron chi connectivity index (χ4n) is 2.48. The molecule has 1 aliphatic rings. The summed E-state index contributed by atoms with van der Waals surface area (Å²) in [6, 6.07) is 9.56. The molecule has 0 aliphatic carbocycles. The van der Waals surface area contributed by atoms with Crippen molar-refractivity contribution in [2.75, 3.05) is 5.75 Å². The van der Waals surface area contributed by atoms with Gasteiger partial charge in [0.05, 0.1) is 6.10 Å². The van der Waals surface area contributed by atoms with Crippen LogP contribution in [-0.4, -0.2) is 49.8 Å². The van der Waals surface area contributed by atoms with Crippen LogP contribution in [0.5, 0.6) is 5.75 Å². The molecule has 6 heteroatoms. The molecule has 3 N–H and O–H groups in total. The first-order valence-corrected chi connectivity index (χ1v) is 8.44. The van der Waals surface area contributed by atoms with Crippen molar-refractivity contribution in [1.82, 2.24) is 4.98 Å². The van der Waals surface area contributed by atoms with Crippen LogP contribution in [0.3, 0.4) is 0 Å². The molecular weight excluding hydrogens is 314 g/mol. The zero-order chi connectivity index (χ0) is 16.4. The highest BCUT2D eigenvalue weighted by Crippen LogP contribution is 2.31. The monoisotopic (exact) mass is 333 g/mol. The molecule has 2 aromatic rings. The predicted molar refractivity (Wildman–Crippen MR) is 89.3 cm³/mol. The Morgan fingerprint density at radius 3 is 2.70 bits per heavy atom. The molecule has 122 valence electrons. The van der Waals surface area contributed by atoms with Crippen LogP contribution in [0.25, 0.3) is 11.1 Å². The van der Waals surface area contributed by atoms with E-state index < -0.39 is 23.7 Å². The number of hydrogen-bond donors (Lipinski definition) is 3. The number of benzene rings is 1. The van der Waals surface area contributed by atoms with E-state index in [1.54, 1.807) is 18.5 Å². The molecule has 0 radical (unpaired) electrons. The highest BCUT2D eigenvalue weighted by atomic mass is 32.2. The maximum Gasteiger partial charge on any atom is 0.173 e. The number of rotatable bonds is 3. The maximum absolute atomic E-state index is 10.0. The molecule has 1 fully saturated rings. The smallest absolute Gasteiger partial charge is 0.173 e. The van der Waals surface area contributed by atoms with Gasteiger partial charge >= 0.3 is 0 Å². The number of ether oxygens (including phenoxy) is 1. The van der Waals surface area contributed by atoms with E-state index in [1.165, 1.54) is 11.8 Å². The molecule has 0 spiro atoms. The topological polar surface area (TPSA) is 82.8 Å². The van der Waals surface area contributed by atoms with Crippen LogP contribution in [0, 0.1) is 6.92 Å². The van der Waals surface area contributed by atoms with E-state index in [4.69, 9.17) is 4.74 Å². The number of aliphatic hydroxyl groups is 3. The lowest BCUT2D eigenvalue weighted by atomic mass is 10.1. The lowest BCUT2D eigenvalue weighted by molar-refractivity contribution is -0.0786. The number of nitrogens with zero attached hydrogens (tertiary/aromatic N) is 1. The third kappa shape index (κ3) is 3.67. The molecule has 1 saturated heterocycles. The van der Waals surface area contributed by atoms with E-state index >= 15 is 0 Å². The van der Waals surface area contributed by atoms with Crippen LogP contribution in [0.1, 0.15) is 5.56 Å². The highest BCUT2D eigenvalue weighted by Gasteiger charge is 2.38. The lowest BCUT2D eigenvalue weighted by Gasteiger charge is -2.34. The Bertz CT molecular complexity index is 681. The zero-order valence-electron chi connectivity index (χ0n) is 12.7. The summed E-state index contributed by atoms with van der Waals surface area (Å²) in [4.78, 5) is 4.19. The summed E-state index contributed by atoms with van der Waals surface area (Å²) < 4.78 is 5.80. The maximum atomic E-state index is 10.0. The number of aliphatic hydroxyl groups excluding tert-OH is 3. The lowest BCUT2D eigenvalue weighted by Crippen LogP contribution is -2.50. The molecule has 2 heterocycles. The third-order valence-corrected chi connectivity index (χ3v) is 4.99. The first-order chi connectivity index (χ1) is 11.0. The normalized spacial score (nSPS) is 27.7. The largest absolute Gasteiger partial charge is 0.477 e. The summed E-state index contributed by atoms with van der Waals surface area (Å²) in [6.07, 6.45) is 0.333. The van der Waals surface area contributed by atoms with Gasteiger partial charge in [0.25, 0.3) is 0 Å². The molecule has 1 aliphatic heterocycles. The quantitative estimate of drug-likeness (QED) is 0.791. The summed E-state index contributed by atoms with van der Waals surface area (Å²) in [5.74, 6) is 0.925. The predicted octanol–water partition coefficient (Wildman–Crippen LogP) is 1.59. The Morgan fingerprint density at radius 1 is 1.09 bits per heavy atom. The minimum atomic E-state index is -1.19. The van der Waals surface area contributed by atoms with Crippen molar-refractivity contribution in [1.29, 1.82) is 0 Å². The third-order valence-electron chi connectivity index (χ3n) is 3.75. The molecule has 1 aromatic carbocycles. The molecule has 23 heavy (non-hydrogen) atoms. The van der Waals surface area contributed by atoms with Gasteiger partial charge in [0, 0.05) is 23.7 Å². The SMILES string of the molecule is Cc1cncc(-c2cccc(O[C@H]3SC[C@@H](O)[C@H](O)[C@H]3O)c2)c1. The minimum Gasteiger partial charge on any atom is -0.477 e. The van der Waals surface area contributed by atoms with Gasteiger partial charge in [0.2, 0.25) is 0 Å². The van der Waals surface area contributed by atoms with Crippen molar-refractivity contribution in [3.8, 4) is 16.9 Å². The standard InChI is InChI=1S/C17H19NO4S/c1-10-5-12(8-18-7-10)11-3-2-4-13(6-11)22-17-16(21)15(20)14(19)9-23-17/h2-8,14-17,19-21H,9H2,1H3/t14-,15+,16-,17+/m1/s1. The summed E-state index contributed by atoms with van der Waals surface area (Å²) >= 11 is 1.29. The Kier molecular flexibility index (Phi) is 4.87. The number of thioether (sulfide) groups is 1. The second kappa shape index (κ2) is 6.88. The fourth-order valence-corrected chi connectivity index (χ4v) is 3.60. The second-order valence-electron chi connectivity index (χ2n) is 5.65. The first-order valence-electron chi connectivity index (χ1n) is 7.39. The summed E-state index contributed by atoms with van der Waals surface area (Å²) in [6.45, 7) is 1.98. The van der Waals surface area contributed by atoms with Crippen molar-refractivity contribution < 1.29 is 20.1 Å². The summed E-state index contributed by atoms with van der Waals surface area (Å²) in [5.41, 5.74) is 2.42. The van der Waals surface area contributed by atoms with E-state index in [1.807, 2.05) is 31.2 Å². The van der Waals surface area contributed by atoms with Crippen molar-refractivity contribution >= 4 is 11.8 Å². The van der Waals surface area contributed by atoms with Gasteiger partial charge in [-0.15, -0.1) is 11.8 Å². The zero-order valence-corrected chi connectivity index (χ0v) is 13.5. The van der Waals surface area contributed by atoms with Gasteiger partial charge in [-0.25, -0.2) is 0 Å². The molecule has 0 bridgehead atoms. The van der Waals surface area contributed by atoms with Crippen molar-refractivity contribution in [3.63, 3.8) is 0 Å². The van der Waals surface area contributed by atoms with Gasteiger partial charge in [-0.1, -0.05) is 12.1 Å². The van der Waals surface area contributed by atoms with Gasteiger partial charge in [0.1, 0.15) is 18.0 Å². The van der Waals surface area contributed by atoms with E-state index in [9.17, 15) is 15.3 Å². The van der Waals surface area contributed by atoms with Crippen molar-refractivity contribution in [3.05, 3.63) is 48.3 Å². The fraction of sp³-hybridized carbons (Fsp3) is 0.353. The highest BCUT2D eigenvalue weighted by molar-refractivity contribution is 7.99. The van der Waals surface area contributed by atoms with Crippen molar-refractivity contribution in [2.24, 2.45) is 0 Å². The van der Waals surface area contributed by atoms with E-state index in [2.05, 4.69) is 4.98 Å². The average molecular weight is 333 g/mol. The molecule has 0 unspecified atom stereocenters. The van der Waals surface area contributed by atoms with E-state index in [-0.39, 0.29) is 0 Å². The van der Waals surface area contributed by atoms with Crippen LogP contribution in [0.15, 0.2) is 42.7 Å². The molecule has 0 amide bonds. The number of aromatic nitrogens is 1. The minimum absolute atomic E-state index is 0.324. The number of pyridine rings is 1. The Morgan fingerprint density at radius 2 is 1.91 bits per heavy atom. The van der Waals surface area contributed by atoms with Gasteiger partial charge in [-0.3, -0.25) is 4.98 Å². The Balaban J connectivity index is 1.78. The van der Waals surface area contributed by atoms with Gasteiger partial charge in [-0.05, 0) is 36.2 Å². The van der Waals surface area contributed by atoms with Crippen LogP contribution in [0.4, 0.5) is 0 Å². The second-order valence-corrected chi connectivity index (χ2v) is 6.78. The molecule has 5 nitrogen and oxygen atoms in total. The number of hydrogen-bond acceptors (Lipinski definition) is 6. The van der Waals surface area contributed by atoms with Gasteiger partial charge in [-0.2, -0.15) is 0 Å². The van der Waals surface area contributed by atoms with Crippen molar-refractivity contribution in [2.45, 2.75) is 30.7 Å². The molecule has 0 saturated carbocycles. The average Bonchev–Trinajstić information content (AvgIpc) is 2.56. The first kappa shape index (κ1) is 16.3. The van der Waals surface area contributed by atoms with E-state index in [0.29, 0.717) is 11.5 Å². The number of aryl methyl sites for hydroxylation is 1. The molecular formula is C17H19NO4S. The van der Waals surface area contributed by atoms with Crippen LogP contribution in [-0.2, 0) is 0 Å². The molecule has 1 aromatic heterocycles. The van der Waals surface area contributed by atoms with Gasteiger partial charge < -0.3 is 20.1 Å². The molecule has 4 atom stereocenters. The summed E-state index contributed by atoms with van der Waals surface area (Å²) in [5, 5.41) is 29.3. The van der Waals surface area contributed by atoms with Crippen LogP contribution < -0.4 is 4.74 Å². The molecule has 3 rings (SSSR count). The summed E-state index contributed by atoms with van der Waals surface area (Å²) in [7, 11) is 0. The van der Waals surface area contributed by atoms with Crippen LogP contribution in [0.2, 0.25) is 0 Å². The Hall–Kier alpha value is -1.60. The van der Waals surface area contributed by atoms with Crippen LogP contribution >= 0.6 is 11.8 Å². The Labute approximate surface area is 139 Å².